The second-order valence-corrected chi connectivity index (χ2v) is 7.25. The number of quaternary nitrogens is 1. The van der Waals surface area contributed by atoms with Crippen LogP contribution in [0.15, 0.2) is 11.6 Å². The Balaban J connectivity index is 1.56. The summed E-state index contributed by atoms with van der Waals surface area (Å²) in [5.74, 6) is 1.76. The van der Waals surface area contributed by atoms with Gasteiger partial charge in [0.1, 0.15) is 12.6 Å². The average Bonchev–Trinajstić information content (AvgIpc) is 3.00. The molecule has 3 nitrogen and oxygen atoms in total. The van der Waals surface area contributed by atoms with Crippen LogP contribution in [0.25, 0.3) is 0 Å². The van der Waals surface area contributed by atoms with Gasteiger partial charge in [-0.2, -0.15) is 0 Å². The van der Waals surface area contributed by atoms with Gasteiger partial charge in [0.05, 0.1) is 19.7 Å². The highest BCUT2D eigenvalue weighted by Gasteiger charge is 2.40. The maximum absolute atomic E-state index is 6.27. The Bertz CT molecular complexity index is 362. The lowest BCUT2D eigenvalue weighted by Crippen LogP contribution is -3.11. The molecule has 3 aliphatic rings. The topological polar surface area (TPSA) is 22.9 Å². The van der Waals surface area contributed by atoms with Crippen LogP contribution in [0.2, 0.25) is 0 Å². The first kappa shape index (κ1) is 14.6. The second-order valence-electron chi connectivity index (χ2n) is 7.25. The summed E-state index contributed by atoms with van der Waals surface area (Å²) < 4.78 is 12.3. The van der Waals surface area contributed by atoms with E-state index in [-0.39, 0.29) is 6.29 Å². The molecule has 20 heavy (non-hydrogen) atoms. The van der Waals surface area contributed by atoms with E-state index in [0.717, 1.165) is 13.2 Å². The molecule has 1 N–H and O–H groups in total. The van der Waals surface area contributed by atoms with Crippen molar-refractivity contribution in [3.8, 4) is 0 Å². The van der Waals surface area contributed by atoms with E-state index in [0.29, 0.717) is 23.9 Å². The lowest BCUT2D eigenvalue weighted by molar-refractivity contribution is -0.890. The highest BCUT2D eigenvalue weighted by molar-refractivity contribution is 5.09. The standard InChI is InChI=1S/C17H29NO2/c1-12-8-13(2)16(14(3)9-12)17-19-11-15(20-17)10-18-6-4-5-7-18/h8,13-17H,4-7,9-11H2,1-3H3/p+1/t13-,14+,15+,16-,17-/m1/s1. The Kier molecular flexibility index (Phi) is 4.49. The maximum atomic E-state index is 6.27. The molecule has 0 saturated carbocycles. The molecule has 2 heterocycles. The van der Waals surface area contributed by atoms with Crippen LogP contribution >= 0.6 is 0 Å². The molecule has 0 spiro atoms. The van der Waals surface area contributed by atoms with Crippen LogP contribution in [0.3, 0.4) is 0 Å². The summed E-state index contributed by atoms with van der Waals surface area (Å²) in [6, 6.07) is 0. The molecular weight excluding hydrogens is 250 g/mol. The van der Waals surface area contributed by atoms with Gasteiger partial charge in [-0.25, -0.2) is 0 Å². The summed E-state index contributed by atoms with van der Waals surface area (Å²) >= 11 is 0. The summed E-state index contributed by atoms with van der Waals surface area (Å²) in [5.41, 5.74) is 1.53. The number of allylic oxidation sites excluding steroid dienone is 2. The summed E-state index contributed by atoms with van der Waals surface area (Å²) in [6.07, 6.45) is 6.72. The number of likely N-dealkylation sites (tertiary alicyclic amines) is 1. The van der Waals surface area contributed by atoms with Crippen molar-refractivity contribution in [1.82, 2.24) is 0 Å². The van der Waals surface area contributed by atoms with E-state index in [4.69, 9.17) is 9.47 Å². The third-order valence-corrected chi connectivity index (χ3v) is 5.37. The van der Waals surface area contributed by atoms with Gasteiger partial charge >= 0.3 is 0 Å². The van der Waals surface area contributed by atoms with E-state index < -0.39 is 0 Å². The number of rotatable bonds is 3. The Morgan fingerprint density at radius 1 is 1.25 bits per heavy atom. The fourth-order valence-electron chi connectivity index (χ4n) is 4.49. The minimum atomic E-state index is 0.0244. The quantitative estimate of drug-likeness (QED) is 0.794. The van der Waals surface area contributed by atoms with E-state index in [2.05, 4.69) is 26.8 Å². The van der Waals surface area contributed by atoms with Crippen LogP contribution in [0, 0.1) is 17.8 Å². The summed E-state index contributed by atoms with van der Waals surface area (Å²) in [4.78, 5) is 1.71. The Morgan fingerprint density at radius 3 is 2.70 bits per heavy atom. The molecule has 5 atom stereocenters. The van der Waals surface area contributed by atoms with Crippen molar-refractivity contribution in [2.45, 2.75) is 52.4 Å². The predicted molar refractivity (Wildman–Crippen MR) is 79.6 cm³/mol. The minimum absolute atomic E-state index is 0.0244. The molecule has 0 unspecified atom stereocenters. The van der Waals surface area contributed by atoms with E-state index in [1.54, 1.807) is 4.90 Å². The van der Waals surface area contributed by atoms with Crippen LogP contribution in [0.1, 0.15) is 40.0 Å². The third kappa shape index (κ3) is 3.10. The lowest BCUT2D eigenvalue weighted by Gasteiger charge is -2.36. The zero-order valence-corrected chi connectivity index (χ0v) is 13.2. The van der Waals surface area contributed by atoms with E-state index >= 15 is 0 Å². The molecule has 0 aromatic heterocycles. The molecule has 3 heteroatoms. The minimum Gasteiger partial charge on any atom is -0.349 e. The molecule has 2 saturated heterocycles. The summed E-state index contributed by atoms with van der Waals surface area (Å²) in [7, 11) is 0. The van der Waals surface area contributed by atoms with Crippen LogP contribution in [0.4, 0.5) is 0 Å². The number of nitrogens with one attached hydrogen (secondary N) is 1. The van der Waals surface area contributed by atoms with Crippen molar-refractivity contribution >= 4 is 0 Å². The molecule has 0 bridgehead atoms. The van der Waals surface area contributed by atoms with Gasteiger partial charge in [-0.3, -0.25) is 0 Å². The Hall–Kier alpha value is -0.380. The third-order valence-electron chi connectivity index (χ3n) is 5.37. The first-order valence-corrected chi connectivity index (χ1v) is 8.41. The monoisotopic (exact) mass is 280 g/mol. The molecule has 114 valence electrons. The highest BCUT2D eigenvalue weighted by Crippen LogP contribution is 2.38. The predicted octanol–water partition coefficient (Wildman–Crippen LogP) is 1.64. The van der Waals surface area contributed by atoms with Gasteiger partial charge in [0.15, 0.2) is 6.29 Å². The molecule has 0 aromatic carbocycles. The van der Waals surface area contributed by atoms with Crippen LogP contribution in [-0.2, 0) is 9.47 Å². The first-order chi connectivity index (χ1) is 9.63. The number of hydrogen-bond donors (Lipinski definition) is 1. The van der Waals surface area contributed by atoms with Gasteiger partial charge < -0.3 is 14.4 Å². The largest absolute Gasteiger partial charge is 0.349 e. The Morgan fingerprint density at radius 2 is 2.00 bits per heavy atom. The van der Waals surface area contributed by atoms with Crippen molar-refractivity contribution in [3.05, 3.63) is 11.6 Å². The molecule has 1 aliphatic carbocycles. The van der Waals surface area contributed by atoms with E-state index in [1.165, 1.54) is 37.9 Å². The van der Waals surface area contributed by atoms with Gasteiger partial charge in [-0.1, -0.05) is 25.5 Å². The molecule has 3 rings (SSSR count). The van der Waals surface area contributed by atoms with Gasteiger partial charge in [0.25, 0.3) is 0 Å². The summed E-state index contributed by atoms with van der Waals surface area (Å²) in [6.45, 7) is 11.5. The van der Waals surface area contributed by atoms with Crippen molar-refractivity contribution in [3.63, 3.8) is 0 Å². The number of hydrogen-bond acceptors (Lipinski definition) is 2. The molecule has 2 fully saturated rings. The van der Waals surface area contributed by atoms with E-state index in [9.17, 15) is 0 Å². The van der Waals surface area contributed by atoms with Gasteiger partial charge in [-0.15, -0.1) is 0 Å². The number of ether oxygens (including phenoxy) is 2. The van der Waals surface area contributed by atoms with Gasteiger partial charge in [0, 0.05) is 18.8 Å². The van der Waals surface area contributed by atoms with Crippen molar-refractivity contribution in [2.24, 2.45) is 17.8 Å². The average molecular weight is 280 g/mol. The van der Waals surface area contributed by atoms with Crippen LogP contribution < -0.4 is 4.90 Å². The van der Waals surface area contributed by atoms with Crippen LogP contribution in [-0.4, -0.2) is 38.6 Å². The van der Waals surface area contributed by atoms with E-state index in [1.807, 2.05) is 0 Å². The first-order valence-electron chi connectivity index (χ1n) is 8.41. The van der Waals surface area contributed by atoms with Crippen molar-refractivity contribution in [2.75, 3.05) is 26.2 Å². The summed E-state index contributed by atoms with van der Waals surface area (Å²) in [5, 5.41) is 0. The van der Waals surface area contributed by atoms with Crippen molar-refractivity contribution in [1.29, 1.82) is 0 Å². The smallest absolute Gasteiger partial charge is 0.162 e. The van der Waals surface area contributed by atoms with Gasteiger partial charge in [-0.05, 0) is 25.2 Å². The Labute approximate surface area is 123 Å². The molecule has 0 amide bonds. The molecule has 2 aliphatic heterocycles. The lowest BCUT2D eigenvalue weighted by atomic mass is 9.74. The highest BCUT2D eigenvalue weighted by atomic mass is 16.7. The molecule has 0 aromatic rings. The second kappa shape index (κ2) is 6.17. The fourth-order valence-corrected chi connectivity index (χ4v) is 4.49. The van der Waals surface area contributed by atoms with Crippen molar-refractivity contribution < 1.29 is 14.4 Å². The van der Waals surface area contributed by atoms with Crippen LogP contribution in [0.5, 0.6) is 0 Å². The normalized spacial score (nSPS) is 43.0. The fraction of sp³-hybridized carbons (Fsp3) is 0.882. The molecule has 0 radical (unpaired) electrons. The van der Waals surface area contributed by atoms with Gasteiger partial charge in [0.2, 0.25) is 0 Å². The SMILES string of the molecule is CC1=C[C@@H](C)[C@@H]([C@@H]2OC[C@H](C[NH+]3CCCC3)O2)[C@@H](C)C1. The zero-order valence-electron chi connectivity index (χ0n) is 13.2. The zero-order chi connectivity index (χ0) is 14.1. The maximum Gasteiger partial charge on any atom is 0.162 e. The molecular formula is C17H30NO2+.